The van der Waals surface area contributed by atoms with Crippen molar-refractivity contribution in [2.45, 2.75) is 12.5 Å². The third kappa shape index (κ3) is 2.81. The quantitative estimate of drug-likeness (QED) is 0.494. The Balaban J connectivity index is 2.98. The van der Waals surface area contributed by atoms with Gasteiger partial charge in [0.1, 0.15) is 5.82 Å². The highest BCUT2D eigenvalue weighted by Crippen LogP contribution is 2.21. The van der Waals surface area contributed by atoms with Crippen LogP contribution in [0.5, 0.6) is 0 Å². The van der Waals surface area contributed by atoms with Crippen LogP contribution >= 0.6 is 15.9 Å². The second-order valence-electron chi connectivity index (χ2n) is 2.83. The predicted molar refractivity (Wildman–Crippen MR) is 57.6 cm³/mol. The van der Waals surface area contributed by atoms with Crippen molar-refractivity contribution in [1.29, 1.82) is 0 Å². The van der Waals surface area contributed by atoms with Crippen LogP contribution in [0.1, 0.15) is 18.0 Å². The second kappa shape index (κ2) is 5.11. The van der Waals surface area contributed by atoms with Gasteiger partial charge in [0.25, 0.3) is 0 Å². The third-order valence-electron chi connectivity index (χ3n) is 1.81. The average molecular weight is 257 g/mol. The molecule has 0 saturated heterocycles. The average Bonchev–Trinajstić information content (AvgIpc) is 2.12. The zero-order valence-corrected chi connectivity index (χ0v) is 9.01. The summed E-state index contributed by atoms with van der Waals surface area (Å²) in [7, 11) is 0. The van der Waals surface area contributed by atoms with Gasteiger partial charge in [-0.1, -0.05) is 15.9 Å². The monoisotopic (exact) mass is 256 g/mol. The van der Waals surface area contributed by atoms with Crippen molar-refractivity contribution in [3.63, 3.8) is 0 Å². The van der Waals surface area contributed by atoms with E-state index in [1.54, 1.807) is 6.07 Å². The van der Waals surface area contributed by atoms with Crippen molar-refractivity contribution in [2.24, 2.45) is 5.84 Å². The SMILES string of the molecule is C#CCC(NN)c1cc(F)cc(Br)c1. The Bertz CT molecular complexity index is 339. The van der Waals surface area contributed by atoms with Crippen LogP contribution in [0.2, 0.25) is 0 Å². The van der Waals surface area contributed by atoms with Gasteiger partial charge in [-0.15, -0.1) is 12.3 Å². The van der Waals surface area contributed by atoms with Gasteiger partial charge in [-0.2, -0.15) is 0 Å². The van der Waals surface area contributed by atoms with Crippen molar-refractivity contribution in [3.8, 4) is 12.3 Å². The number of nitrogens with one attached hydrogen (secondary N) is 1. The van der Waals surface area contributed by atoms with Crippen LogP contribution in [-0.4, -0.2) is 0 Å². The van der Waals surface area contributed by atoms with Crippen molar-refractivity contribution in [1.82, 2.24) is 5.43 Å². The minimum atomic E-state index is -0.313. The molecule has 1 unspecified atom stereocenters. The summed E-state index contributed by atoms with van der Waals surface area (Å²) in [6.07, 6.45) is 5.59. The van der Waals surface area contributed by atoms with E-state index in [0.717, 1.165) is 5.56 Å². The van der Waals surface area contributed by atoms with Crippen LogP contribution in [0, 0.1) is 18.2 Å². The molecule has 4 heteroatoms. The zero-order chi connectivity index (χ0) is 10.6. The molecule has 1 rings (SSSR count). The van der Waals surface area contributed by atoms with Gasteiger partial charge < -0.3 is 0 Å². The van der Waals surface area contributed by atoms with Crippen LogP contribution in [0.25, 0.3) is 0 Å². The highest BCUT2D eigenvalue weighted by Gasteiger charge is 2.09. The Morgan fingerprint density at radius 1 is 1.57 bits per heavy atom. The van der Waals surface area contributed by atoms with Gasteiger partial charge in [-0.05, 0) is 23.8 Å². The normalized spacial score (nSPS) is 12.1. The fourth-order valence-electron chi connectivity index (χ4n) is 1.17. The van der Waals surface area contributed by atoms with Crippen LogP contribution in [0.15, 0.2) is 22.7 Å². The summed E-state index contributed by atoms with van der Waals surface area (Å²) in [6.45, 7) is 0. The fourth-order valence-corrected chi connectivity index (χ4v) is 1.65. The molecule has 0 saturated carbocycles. The first-order chi connectivity index (χ1) is 6.67. The molecule has 0 bridgehead atoms. The molecule has 0 aromatic heterocycles. The minimum Gasteiger partial charge on any atom is -0.271 e. The van der Waals surface area contributed by atoms with Gasteiger partial charge >= 0.3 is 0 Å². The van der Waals surface area contributed by atoms with Gasteiger partial charge in [-0.3, -0.25) is 11.3 Å². The molecular formula is C10H10BrFN2. The molecule has 1 aromatic rings. The van der Waals surface area contributed by atoms with Crippen molar-refractivity contribution < 1.29 is 4.39 Å². The first kappa shape index (κ1) is 11.2. The van der Waals surface area contributed by atoms with Crippen molar-refractivity contribution in [3.05, 3.63) is 34.1 Å². The Labute approximate surface area is 90.8 Å². The highest BCUT2D eigenvalue weighted by atomic mass is 79.9. The van der Waals surface area contributed by atoms with E-state index in [1.807, 2.05) is 0 Å². The van der Waals surface area contributed by atoms with E-state index < -0.39 is 0 Å². The van der Waals surface area contributed by atoms with Crippen LogP contribution in [0.4, 0.5) is 4.39 Å². The van der Waals surface area contributed by atoms with Gasteiger partial charge in [0.2, 0.25) is 0 Å². The predicted octanol–water partition coefficient (Wildman–Crippen LogP) is 2.12. The minimum absolute atomic E-state index is 0.216. The molecule has 0 aliphatic rings. The van der Waals surface area contributed by atoms with Gasteiger partial charge in [0, 0.05) is 10.9 Å². The van der Waals surface area contributed by atoms with Gasteiger partial charge in [0.05, 0.1) is 6.04 Å². The standard InChI is InChI=1S/C10H10BrFN2/c1-2-3-10(14-13)7-4-8(11)6-9(12)5-7/h1,4-6,10,14H,3,13H2. The molecule has 1 aromatic carbocycles. The lowest BCUT2D eigenvalue weighted by Crippen LogP contribution is -2.27. The summed E-state index contributed by atoms with van der Waals surface area (Å²) >= 11 is 3.20. The summed E-state index contributed by atoms with van der Waals surface area (Å²) in [6, 6.07) is 4.36. The summed E-state index contributed by atoms with van der Waals surface area (Å²) < 4.78 is 13.7. The van der Waals surface area contributed by atoms with Gasteiger partial charge in [0.15, 0.2) is 0 Å². The lowest BCUT2D eigenvalue weighted by molar-refractivity contribution is 0.558. The number of hydrogen-bond donors (Lipinski definition) is 2. The zero-order valence-electron chi connectivity index (χ0n) is 7.43. The van der Waals surface area contributed by atoms with E-state index in [4.69, 9.17) is 12.3 Å². The largest absolute Gasteiger partial charge is 0.271 e. The molecule has 0 amide bonds. The van der Waals surface area contributed by atoms with Crippen LogP contribution < -0.4 is 11.3 Å². The highest BCUT2D eigenvalue weighted by molar-refractivity contribution is 9.10. The van der Waals surface area contributed by atoms with Crippen molar-refractivity contribution >= 4 is 15.9 Å². The summed E-state index contributed by atoms with van der Waals surface area (Å²) in [5, 5.41) is 0. The number of halogens is 2. The lowest BCUT2D eigenvalue weighted by Gasteiger charge is -2.13. The Hall–Kier alpha value is -0.890. The molecule has 0 fully saturated rings. The fraction of sp³-hybridized carbons (Fsp3) is 0.200. The summed E-state index contributed by atoms with van der Waals surface area (Å²) in [5.41, 5.74) is 3.28. The molecule has 0 radical (unpaired) electrons. The smallest absolute Gasteiger partial charge is 0.124 e. The second-order valence-corrected chi connectivity index (χ2v) is 3.75. The first-order valence-corrected chi connectivity index (χ1v) is 4.82. The van der Waals surface area contributed by atoms with E-state index >= 15 is 0 Å². The lowest BCUT2D eigenvalue weighted by atomic mass is 10.0. The van der Waals surface area contributed by atoms with E-state index in [-0.39, 0.29) is 11.9 Å². The summed E-state index contributed by atoms with van der Waals surface area (Å²) in [5.74, 6) is 7.47. The molecule has 0 heterocycles. The third-order valence-corrected chi connectivity index (χ3v) is 2.27. The number of hydrazine groups is 1. The molecule has 2 nitrogen and oxygen atoms in total. The molecular weight excluding hydrogens is 247 g/mol. The van der Waals surface area contributed by atoms with E-state index in [9.17, 15) is 4.39 Å². The maximum Gasteiger partial charge on any atom is 0.124 e. The molecule has 0 aliphatic heterocycles. The maximum absolute atomic E-state index is 13.0. The van der Waals surface area contributed by atoms with Crippen LogP contribution in [-0.2, 0) is 0 Å². The molecule has 14 heavy (non-hydrogen) atoms. The number of nitrogens with two attached hydrogens (primary N) is 1. The first-order valence-electron chi connectivity index (χ1n) is 4.03. The number of terminal acetylenes is 1. The van der Waals surface area contributed by atoms with E-state index in [1.165, 1.54) is 12.1 Å². The topological polar surface area (TPSA) is 38.0 Å². The maximum atomic E-state index is 13.0. The van der Waals surface area contributed by atoms with Crippen LogP contribution in [0.3, 0.4) is 0 Å². The molecule has 74 valence electrons. The van der Waals surface area contributed by atoms with Gasteiger partial charge in [-0.25, -0.2) is 4.39 Å². The van der Waals surface area contributed by atoms with E-state index in [2.05, 4.69) is 27.3 Å². The molecule has 1 atom stereocenters. The number of benzene rings is 1. The summed E-state index contributed by atoms with van der Waals surface area (Å²) in [4.78, 5) is 0. The van der Waals surface area contributed by atoms with Crippen molar-refractivity contribution in [2.75, 3.05) is 0 Å². The Morgan fingerprint density at radius 3 is 2.79 bits per heavy atom. The Morgan fingerprint density at radius 2 is 2.29 bits per heavy atom. The Kier molecular flexibility index (Phi) is 4.08. The molecule has 0 spiro atoms. The molecule has 3 N–H and O–H groups in total. The number of hydrogen-bond acceptors (Lipinski definition) is 2. The molecule has 0 aliphatic carbocycles. The number of rotatable bonds is 3. The van der Waals surface area contributed by atoms with E-state index in [0.29, 0.717) is 10.9 Å².